The molecule has 0 spiro atoms. The van der Waals surface area contributed by atoms with Crippen LogP contribution in [0.5, 0.6) is 0 Å². The van der Waals surface area contributed by atoms with Crippen LogP contribution in [-0.4, -0.2) is 48.4 Å². The Morgan fingerprint density at radius 1 is 1.27 bits per heavy atom. The molecule has 1 fully saturated rings. The number of rotatable bonds is 4. The average Bonchev–Trinajstić information content (AvgIpc) is 3.28. The van der Waals surface area contributed by atoms with E-state index < -0.39 is 0 Å². The van der Waals surface area contributed by atoms with Gasteiger partial charge < -0.3 is 10.6 Å². The lowest BCUT2D eigenvalue weighted by molar-refractivity contribution is -0.134. The van der Waals surface area contributed by atoms with Crippen LogP contribution in [0.1, 0.15) is 35.4 Å². The predicted molar refractivity (Wildman–Crippen MR) is 106 cm³/mol. The number of likely N-dealkylation sites (tertiary alicyclic amines) is 1. The average molecular weight is 370 g/mol. The molecule has 2 aliphatic rings. The fraction of sp³-hybridized carbons (Fsp3) is 0.476. The summed E-state index contributed by atoms with van der Waals surface area (Å²) in [6.45, 7) is 6.09. The van der Waals surface area contributed by atoms with Crippen molar-refractivity contribution >= 4 is 17.2 Å². The smallest absolute Gasteiger partial charge is 0.237 e. The van der Waals surface area contributed by atoms with Crippen molar-refractivity contribution < 1.29 is 4.79 Å². The zero-order valence-corrected chi connectivity index (χ0v) is 16.2. The molecular weight excluding hydrogens is 342 g/mol. The van der Waals surface area contributed by atoms with E-state index in [1.165, 1.54) is 16.0 Å². The van der Waals surface area contributed by atoms with Gasteiger partial charge >= 0.3 is 0 Å². The lowest BCUT2D eigenvalue weighted by Crippen LogP contribution is -2.45. The lowest BCUT2D eigenvalue weighted by Gasteiger charge is -2.37. The van der Waals surface area contributed by atoms with Crippen LogP contribution < -0.4 is 5.73 Å². The molecule has 0 bridgehead atoms. The summed E-state index contributed by atoms with van der Waals surface area (Å²) >= 11 is 1.81. The summed E-state index contributed by atoms with van der Waals surface area (Å²) in [7, 11) is 0. The summed E-state index contributed by atoms with van der Waals surface area (Å²) in [6, 6.07) is 12.7. The van der Waals surface area contributed by atoms with Crippen molar-refractivity contribution in [2.75, 3.05) is 32.7 Å². The first-order chi connectivity index (χ1) is 12.6. The zero-order valence-electron chi connectivity index (χ0n) is 15.4. The second kappa shape index (κ2) is 7.14. The minimum Gasteiger partial charge on any atom is -0.330 e. The van der Waals surface area contributed by atoms with Crippen molar-refractivity contribution in [2.24, 2.45) is 11.1 Å². The van der Waals surface area contributed by atoms with Crippen LogP contribution in [0.15, 0.2) is 41.8 Å². The van der Waals surface area contributed by atoms with Gasteiger partial charge in [0.05, 0.1) is 12.6 Å². The number of fused-ring (bicyclic) bond motifs is 1. The summed E-state index contributed by atoms with van der Waals surface area (Å²) < 4.78 is 0. The Bertz CT molecular complexity index is 775. The lowest BCUT2D eigenvalue weighted by atomic mass is 9.90. The molecule has 26 heavy (non-hydrogen) atoms. The largest absolute Gasteiger partial charge is 0.330 e. The number of thiophene rings is 1. The highest BCUT2D eigenvalue weighted by Crippen LogP contribution is 2.38. The summed E-state index contributed by atoms with van der Waals surface area (Å²) in [5.41, 5.74) is 8.58. The molecule has 1 aromatic carbocycles. The van der Waals surface area contributed by atoms with Gasteiger partial charge in [-0.05, 0) is 53.9 Å². The van der Waals surface area contributed by atoms with Gasteiger partial charge in [0.15, 0.2) is 0 Å². The highest BCUT2D eigenvalue weighted by atomic mass is 32.1. The third-order valence-corrected chi connectivity index (χ3v) is 6.89. The van der Waals surface area contributed by atoms with Crippen molar-refractivity contribution in [3.63, 3.8) is 0 Å². The van der Waals surface area contributed by atoms with Gasteiger partial charge in [-0.3, -0.25) is 9.69 Å². The maximum absolute atomic E-state index is 13.2. The molecule has 2 aliphatic heterocycles. The maximum atomic E-state index is 13.2. The Kier molecular flexibility index (Phi) is 4.86. The first-order valence-electron chi connectivity index (χ1n) is 9.43. The molecule has 0 saturated carbocycles. The molecule has 5 heteroatoms. The van der Waals surface area contributed by atoms with E-state index in [0.29, 0.717) is 13.1 Å². The number of nitrogens with zero attached hydrogens (tertiary/aromatic N) is 2. The second-order valence-corrected chi connectivity index (χ2v) is 8.93. The van der Waals surface area contributed by atoms with Crippen LogP contribution in [0.25, 0.3) is 0 Å². The van der Waals surface area contributed by atoms with Gasteiger partial charge in [-0.1, -0.05) is 37.3 Å². The molecule has 2 unspecified atom stereocenters. The van der Waals surface area contributed by atoms with Gasteiger partial charge in [0.25, 0.3) is 0 Å². The van der Waals surface area contributed by atoms with Gasteiger partial charge in [0, 0.05) is 18.0 Å². The molecule has 1 saturated heterocycles. The highest BCUT2D eigenvalue weighted by molar-refractivity contribution is 7.10. The summed E-state index contributed by atoms with van der Waals surface area (Å²) in [6.07, 6.45) is 2.04. The number of hydrogen-bond acceptors (Lipinski definition) is 4. The van der Waals surface area contributed by atoms with E-state index in [4.69, 9.17) is 5.73 Å². The van der Waals surface area contributed by atoms with E-state index in [0.717, 1.165) is 32.5 Å². The van der Waals surface area contributed by atoms with E-state index in [1.807, 2.05) is 17.4 Å². The molecule has 1 aromatic heterocycles. The first-order valence-corrected chi connectivity index (χ1v) is 10.3. The Balaban J connectivity index is 1.56. The molecule has 138 valence electrons. The van der Waals surface area contributed by atoms with Crippen molar-refractivity contribution in [2.45, 2.75) is 25.8 Å². The maximum Gasteiger partial charge on any atom is 0.237 e. The van der Waals surface area contributed by atoms with E-state index in [1.54, 1.807) is 0 Å². The number of nitrogens with two attached hydrogens (primary N) is 1. The molecule has 0 radical (unpaired) electrons. The minimum atomic E-state index is 0.0437. The standard InChI is InChI=1S/C21H27N3OS/c1-21(14-22)9-11-23(15-21)13-19(25)24-10-7-18-17(8-12-26-18)20(24)16-5-3-2-4-6-16/h2-6,8,12,20H,7,9-11,13-15,22H2,1H3. The number of benzene rings is 1. The second-order valence-electron chi connectivity index (χ2n) is 7.92. The first kappa shape index (κ1) is 17.7. The van der Waals surface area contributed by atoms with Crippen molar-refractivity contribution in [1.29, 1.82) is 0 Å². The minimum absolute atomic E-state index is 0.0437. The predicted octanol–water partition coefficient (Wildman–Crippen LogP) is 2.89. The van der Waals surface area contributed by atoms with Crippen LogP contribution in [0.2, 0.25) is 0 Å². The molecule has 2 aromatic rings. The number of amides is 1. The summed E-state index contributed by atoms with van der Waals surface area (Å²) in [5.74, 6) is 0.233. The fourth-order valence-corrected chi connectivity index (χ4v) is 5.19. The van der Waals surface area contributed by atoms with E-state index >= 15 is 0 Å². The Morgan fingerprint density at radius 2 is 2.08 bits per heavy atom. The topological polar surface area (TPSA) is 49.6 Å². The molecule has 2 atom stereocenters. The SMILES string of the molecule is CC1(CN)CCN(CC(=O)N2CCc3sccc3C2c2ccccc2)C1. The molecule has 2 N–H and O–H groups in total. The van der Waals surface area contributed by atoms with E-state index in [9.17, 15) is 4.79 Å². The quantitative estimate of drug-likeness (QED) is 0.902. The summed E-state index contributed by atoms with van der Waals surface area (Å²) in [5, 5.41) is 2.15. The molecule has 1 amide bonds. The van der Waals surface area contributed by atoms with Crippen LogP contribution in [0, 0.1) is 5.41 Å². The van der Waals surface area contributed by atoms with E-state index in [-0.39, 0.29) is 17.4 Å². The number of carbonyl (C=O) groups is 1. The molecule has 4 nitrogen and oxygen atoms in total. The van der Waals surface area contributed by atoms with Crippen LogP contribution in [0.4, 0.5) is 0 Å². The molecule has 3 heterocycles. The third-order valence-electron chi connectivity index (χ3n) is 5.89. The van der Waals surface area contributed by atoms with Gasteiger partial charge in [-0.15, -0.1) is 11.3 Å². The summed E-state index contributed by atoms with van der Waals surface area (Å²) in [4.78, 5) is 19.0. The fourth-order valence-electron chi connectivity index (χ4n) is 4.29. The Hall–Kier alpha value is -1.69. The zero-order chi connectivity index (χ0) is 18.1. The van der Waals surface area contributed by atoms with Gasteiger partial charge in [0.2, 0.25) is 5.91 Å². The molecule has 0 aliphatic carbocycles. The molecule has 4 rings (SSSR count). The monoisotopic (exact) mass is 369 g/mol. The molecular formula is C21H27N3OS. The van der Waals surface area contributed by atoms with Crippen LogP contribution >= 0.6 is 11.3 Å². The van der Waals surface area contributed by atoms with Crippen molar-refractivity contribution in [3.8, 4) is 0 Å². The Morgan fingerprint density at radius 3 is 2.81 bits per heavy atom. The Labute approximate surface area is 159 Å². The van der Waals surface area contributed by atoms with Crippen LogP contribution in [-0.2, 0) is 11.2 Å². The van der Waals surface area contributed by atoms with E-state index in [2.05, 4.69) is 52.4 Å². The normalized spacial score (nSPS) is 26.1. The number of hydrogen-bond donors (Lipinski definition) is 1. The van der Waals surface area contributed by atoms with Gasteiger partial charge in [0.1, 0.15) is 0 Å². The van der Waals surface area contributed by atoms with Crippen molar-refractivity contribution in [3.05, 3.63) is 57.8 Å². The van der Waals surface area contributed by atoms with Crippen LogP contribution in [0.3, 0.4) is 0 Å². The van der Waals surface area contributed by atoms with Gasteiger partial charge in [-0.25, -0.2) is 0 Å². The number of carbonyl (C=O) groups excluding carboxylic acids is 1. The highest BCUT2D eigenvalue weighted by Gasteiger charge is 2.37. The third kappa shape index (κ3) is 3.31. The van der Waals surface area contributed by atoms with Crippen molar-refractivity contribution in [1.82, 2.24) is 9.80 Å². The van der Waals surface area contributed by atoms with Gasteiger partial charge in [-0.2, -0.15) is 0 Å².